The average molecular weight is 428 g/mol. The van der Waals surface area contributed by atoms with Gasteiger partial charge in [-0.05, 0) is 24.6 Å². The topological polar surface area (TPSA) is 73.9 Å². The molecule has 0 aromatic heterocycles. The molecular weight excluding hydrogens is 402 g/mol. The molecule has 1 N–H and O–H groups in total. The van der Waals surface area contributed by atoms with E-state index in [1.807, 2.05) is 37.3 Å². The highest BCUT2D eigenvalue weighted by Crippen LogP contribution is 2.41. The summed E-state index contributed by atoms with van der Waals surface area (Å²) in [6.07, 6.45) is 0. The van der Waals surface area contributed by atoms with Gasteiger partial charge >= 0.3 is 0 Å². The van der Waals surface area contributed by atoms with E-state index in [4.69, 9.17) is 14.2 Å². The fraction of sp³-hybridized carbons (Fsp3) is 0.217. The molecule has 7 heteroatoms. The van der Waals surface area contributed by atoms with Crippen LogP contribution in [0, 0.1) is 6.92 Å². The van der Waals surface area contributed by atoms with Crippen molar-refractivity contribution in [2.45, 2.75) is 17.9 Å². The van der Waals surface area contributed by atoms with Crippen molar-refractivity contribution < 1.29 is 22.6 Å². The molecule has 0 aliphatic carbocycles. The minimum absolute atomic E-state index is 0.181. The normalized spacial score (nSPS) is 12.3. The molecule has 30 heavy (non-hydrogen) atoms. The van der Waals surface area contributed by atoms with Crippen LogP contribution in [-0.4, -0.2) is 29.7 Å². The molecule has 3 aromatic carbocycles. The van der Waals surface area contributed by atoms with Crippen LogP contribution in [0.3, 0.4) is 0 Å². The predicted molar refractivity (Wildman–Crippen MR) is 116 cm³/mol. The molecule has 0 amide bonds. The van der Waals surface area contributed by atoms with E-state index >= 15 is 0 Å². The Balaban J connectivity index is 2.17. The van der Waals surface area contributed by atoms with Gasteiger partial charge in [-0.1, -0.05) is 48.0 Å². The molecule has 0 fully saturated rings. The third-order valence-corrected chi connectivity index (χ3v) is 6.22. The molecule has 3 rings (SSSR count). The average Bonchev–Trinajstić information content (AvgIpc) is 2.77. The Hall–Kier alpha value is -3.03. The highest BCUT2D eigenvalue weighted by molar-refractivity contribution is 7.89. The summed E-state index contributed by atoms with van der Waals surface area (Å²) in [4.78, 5) is 0.181. The molecule has 3 aromatic rings. The number of methoxy groups -OCH3 is 3. The smallest absolute Gasteiger partial charge is 0.241 e. The number of nitrogens with one attached hydrogen (secondary N) is 1. The summed E-state index contributed by atoms with van der Waals surface area (Å²) in [5.74, 6) is 1.44. The van der Waals surface area contributed by atoms with Gasteiger partial charge in [0.25, 0.3) is 0 Å². The first-order valence-corrected chi connectivity index (χ1v) is 10.8. The molecule has 0 spiro atoms. The standard InChI is InChI=1S/C23H25NO5S/c1-16-10-12-19(13-11-16)30(25,26)24-23(17-8-6-5-7-9-17)22-20(28-3)14-18(27-2)15-21(22)29-4/h5-15,23-24H,1-4H3. The van der Waals surface area contributed by atoms with Gasteiger partial charge in [0.15, 0.2) is 0 Å². The van der Waals surface area contributed by atoms with Crippen LogP contribution in [0.4, 0.5) is 0 Å². The van der Waals surface area contributed by atoms with E-state index in [0.29, 0.717) is 22.8 Å². The number of benzene rings is 3. The molecule has 0 bridgehead atoms. The van der Waals surface area contributed by atoms with E-state index in [2.05, 4.69) is 4.72 Å². The Bertz CT molecular complexity index is 1070. The molecule has 0 aliphatic rings. The highest BCUT2D eigenvalue weighted by atomic mass is 32.2. The zero-order chi connectivity index (χ0) is 21.7. The first-order valence-electron chi connectivity index (χ1n) is 9.33. The van der Waals surface area contributed by atoms with Crippen LogP contribution < -0.4 is 18.9 Å². The van der Waals surface area contributed by atoms with E-state index < -0.39 is 16.1 Å². The van der Waals surface area contributed by atoms with Crippen molar-refractivity contribution in [3.63, 3.8) is 0 Å². The van der Waals surface area contributed by atoms with Gasteiger partial charge in [0, 0.05) is 12.1 Å². The number of sulfonamides is 1. The molecule has 158 valence electrons. The molecule has 1 unspecified atom stereocenters. The molecule has 0 radical (unpaired) electrons. The lowest BCUT2D eigenvalue weighted by Gasteiger charge is -2.24. The number of hydrogen-bond acceptors (Lipinski definition) is 5. The van der Waals surface area contributed by atoms with Gasteiger partial charge in [0.1, 0.15) is 17.2 Å². The van der Waals surface area contributed by atoms with E-state index in [-0.39, 0.29) is 4.90 Å². The van der Waals surface area contributed by atoms with Gasteiger partial charge < -0.3 is 14.2 Å². The minimum atomic E-state index is -3.83. The highest BCUT2D eigenvalue weighted by Gasteiger charge is 2.29. The largest absolute Gasteiger partial charge is 0.496 e. The summed E-state index contributed by atoms with van der Waals surface area (Å²) in [6.45, 7) is 1.91. The maximum atomic E-state index is 13.2. The quantitative estimate of drug-likeness (QED) is 0.586. The number of hydrogen-bond donors (Lipinski definition) is 1. The van der Waals surface area contributed by atoms with Gasteiger partial charge in [-0.3, -0.25) is 0 Å². The summed E-state index contributed by atoms with van der Waals surface area (Å²) in [7, 11) is 0.758. The number of ether oxygens (including phenoxy) is 3. The van der Waals surface area contributed by atoms with Crippen LogP contribution in [0.25, 0.3) is 0 Å². The second-order valence-electron chi connectivity index (χ2n) is 6.72. The summed E-state index contributed by atoms with van der Waals surface area (Å²) < 4.78 is 45.7. The SMILES string of the molecule is COc1cc(OC)c(C(NS(=O)(=O)c2ccc(C)cc2)c2ccccc2)c(OC)c1. The molecule has 0 saturated heterocycles. The van der Waals surface area contributed by atoms with Crippen molar-refractivity contribution in [3.8, 4) is 17.2 Å². The van der Waals surface area contributed by atoms with Crippen LogP contribution in [0.15, 0.2) is 71.6 Å². The molecule has 1 atom stereocenters. The van der Waals surface area contributed by atoms with Gasteiger partial charge in [0.2, 0.25) is 10.0 Å². The summed E-state index contributed by atoms with van der Waals surface area (Å²) in [6, 6.07) is 18.6. The van der Waals surface area contributed by atoms with Crippen molar-refractivity contribution in [1.29, 1.82) is 0 Å². The third kappa shape index (κ3) is 4.58. The van der Waals surface area contributed by atoms with Gasteiger partial charge in [-0.2, -0.15) is 4.72 Å². The summed E-state index contributed by atoms with van der Waals surface area (Å²) in [5.41, 5.74) is 2.28. The lowest BCUT2D eigenvalue weighted by molar-refractivity contribution is 0.365. The molecule has 0 aliphatic heterocycles. The maximum absolute atomic E-state index is 13.2. The van der Waals surface area contributed by atoms with Crippen LogP contribution >= 0.6 is 0 Å². The minimum Gasteiger partial charge on any atom is -0.496 e. The fourth-order valence-electron chi connectivity index (χ4n) is 3.20. The number of rotatable bonds is 8. The van der Waals surface area contributed by atoms with Crippen molar-refractivity contribution in [3.05, 3.63) is 83.4 Å². The van der Waals surface area contributed by atoms with Crippen LogP contribution in [0.5, 0.6) is 17.2 Å². The van der Waals surface area contributed by atoms with E-state index in [1.165, 1.54) is 14.2 Å². The van der Waals surface area contributed by atoms with Gasteiger partial charge in [0.05, 0.1) is 37.8 Å². The van der Waals surface area contributed by atoms with Crippen molar-refractivity contribution >= 4 is 10.0 Å². The van der Waals surface area contributed by atoms with Crippen LogP contribution in [0.1, 0.15) is 22.7 Å². The van der Waals surface area contributed by atoms with E-state index in [9.17, 15) is 8.42 Å². The Morgan fingerprint density at radius 2 is 1.37 bits per heavy atom. The van der Waals surface area contributed by atoms with E-state index in [1.54, 1.807) is 43.5 Å². The van der Waals surface area contributed by atoms with E-state index in [0.717, 1.165) is 11.1 Å². The maximum Gasteiger partial charge on any atom is 0.241 e. The third-order valence-electron chi connectivity index (χ3n) is 4.78. The molecule has 0 heterocycles. The molecule has 6 nitrogen and oxygen atoms in total. The monoisotopic (exact) mass is 427 g/mol. The Morgan fingerprint density at radius 3 is 1.87 bits per heavy atom. The Kier molecular flexibility index (Phi) is 6.64. The molecular formula is C23H25NO5S. The predicted octanol–water partition coefficient (Wildman–Crippen LogP) is 4.09. The zero-order valence-corrected chi connectivity index (χ0v) is 18.2. The Labute approximate surface area is 177 Å². The summed E-state index contributed by atoms with van der Waals surface area (Å²) >= 11 is 0. The van der Waals surface area contributed by atoms with Crippen LogP contribution in [0.2, 0.25) is 0 Å². The lowest BCUT2D eigenvalue weighted by atomic mass is 9.97. The Morgan fingerprint density at radius 1 is 0.800 bits per heavy atom. The number of aryl methyl sites for hydroxylation is 1. The van der Waals surface area contributed by atoms with Gasteiger partial charge in [-0.25, -0.2) is 8.42 Å². The van der Waals surface area contributed by atoms with Gasteiger partial charge in [-0.15, -0.1) is 0 Å². The van der Waals surface area contributed by atoms with Crippen molar-refractivity contribution in [2.75, 3.05) is 21.3 Å². The summed E-state index contributed by atoms with van der Waals surface area (Å²) in [5, 5.41) is 0. The fourth-order valence-corrected chi connectivity index (χ4v) is 4.39. The first kappa shape index (κ1) is 21.7. The zero-order valence-electron chi connectivity index (χ0n) is 17.4. The van der Waals surface area contributed by atoms with Crippen molar-refractivity contribution in [1.82, 2.24) is 4.72 Å². The van der Waals surface area contributed by atoms with Crippen molar-refractivity contribution in [2.24, 2.45) is 0 Å². The molecule has 0 saturated carbocycles. The first-order chi connectivity index (χ1) is 14.4. The van der Waals surface area contributed by atoms with Crippen LogP contribution in [-0.2, 0) is 10.0 Å². The lowest BCUT2D eigenvalue weighted by Crippen LogP contribution is -2.30. The second-order valence-corrected chi connectivity index (χ2v) is 8.44. The second kappa shape index (κ2) is 9.19.